The first-order chi connectivity index (χ1) is 14.9. The molecule has 1 saturated heterocycles. The molecule has 0 aromatic heterocycles. The van der Waals surface area contributed by atoms with E-state index in [1.54, 1.807) is 30.3 Å². The van der Waals surface area contributed by atoms with Gasteiger partial charge in [-0.3, -0.25) is 9.69 Å². The molecule has 6 nitrogen and oxygen atoms in total. The molecule has 1 amide bonds. The number of nitrogens with zero attached hydrogens (tertiary/aromatic N) is 1. The highest BCUT2D eigenvalue weighted by Crippen LogP contribution is 2.27. The van der Waals surface area contributed by atoms with E-state index in [-0.39, 0.29) is 23.0 Å². The van der Waals surface area contributed by atoms with Gasteiger partial charge >= 0.3 is 0 Å². The third kappa shape index (κ3) is 5.23. The van der Waals surface area contributed by atoms with Gasteiger partial charge < -0.3 is 10.1 Å². The van der Waals surface area contributed by atoms with Crippen molar-refractivity contribution in [3.05, 3.63) is 65.2 Å². The number of ether oxygens (including phenoxy) is 1. The van der Waals surface area contributed by atoms with Gasteiger partial charge in [-0.25, -0.2) is 8.42 Å². The minimum atomic E-state index is -3.39. The number of nitrogens with one attached hydrogen (secondary N) is 1. The first kappa shape index (κ1) is 21.7. The Bertz CT molecular complexity index is 1070. The minimum absolute atomic E-state index is 0.0687. The summed E-state index contributed by atoms with van der Waals surface area (Å²) in [6.45, 7) is 2.49. The molecule has 31 heavy (non-hydrogen) atoms. The van der Waals surface area contributed by atoms with Crippen LogP contribution in [0, 0.1) is 0 Å². The van der Waals surface area contributed by atoms with E-state index >= 15 is 0 Å². The number of fused-ring (bicyclic) bond motifs is 1. The van der Waals surface area contributed by atoms with Gasteiger partial charge in [-0.2, -0.15) is 0 Å². The number of hydrogen-bond acceptors (Lipinski definition) is 5. The van der Waals surface area contributed by atoms with Crippen LogP contribution >= 0.6 is 0 Å². The molecule has 0 saturated carbocycles. The fourth-order valence-corrected chi connectivity index (χ4v) is 5.60. The molecule has 1 fully saturated rings. The highest BCUT2D eigenvalue weighted by molar-refractivity contribution is 7.91. The summed E-state index contributed by atoms with van der Waals surface area (Å²) < 4.78 is 30.4. The molecule has 164 valence electrons. The molecule has 7 heteroatoms. The third-order valence-electron chi connectivity index (χ3n) is 5.97. The molecule has 2 aliphatic heterocycles. The fourth-order valence-electron chi connectivity index (χ4n) is 4.12. The molecule has 2 aromatic carbocycles. The van der Waals surface area contributed by atoms with Crippen LogP contribution in [0.5, 0.6) is 0 Å². The van der Waals surface area contributed by atoms with E-state index in [0.29, 0.717) is 22.9 Å². The Hall–Kier alpha value is -2.48. The molecule has 0 unspecified atom stereocenters. The molecule has 0 bridgehead atoms. The van der Waals surface area contributed by atoms with Crippen molar-refractivity contribution in [3.8, 4) is 0 Å². The van der Waals surface area contributed by atoms with Crippen molar-refractivity contribution in [1.29, 1.82) is 0 Å². The van der Waals surface area contributed by atoms with Gasteiger partial charge in [-0.1, -0.05) is 30.3 Å². The van der Waals surface area contributed by atoms with Crippen molar-refractivity contribution in [2.75, 3.05) is 31.3 Å². The predicted octanol–water partition coefficient (Wildman–Crippen LogP) is 3.50. The minimum Gasteiger partial charge on any atom is -0.381 e. The van der Waals surface area contributed by atoms with Crippen LogP contribution in [0.2, 0.25) is 0 Å². The van der Waals surface area contributed by atoms with Gasteiger partial charge in [0.05, 0.1) is 10.6 Å². The Kier molecular flexibility index (Phi) is 6.55. The first-order valence-corrected chi connectivity index (χ1v) is 12.3. The largest absolute Gasteiger partial charge is 0.381 e. The van der Waals surface area contributed by atoms with E-state index in [4.69, 9.17) is 4.74 Å². The number of anilines is 1. The fraction of sp³-hybridized carbons (Fsp3) is 0.375. The summed E-state index contributed by atoms with van der Waals surface area (Å²) in [4.78, 5) is 15.5. The lowest BCUT2D eigenvalue weighted by Gasteiger charge is -2.31. The van der Waals surface area contributed by atoms with E-state index in [9.17, 15) is 13.2 Å². The molecule has 4 rings (SSSR count). The molecular formula is C24H28N2O4S. The Labute approximate surface area is 183 Å². The molecular weight excluding hydrogens is 412 g/mol. The van der Waals surface area contributed by atoms with Crippen LogP contribution in [0.1, 0.15) is 30.4 Å². The lowest BCUT2D eigenvalue weighted by molar-refractivity contribution is -0.112. The quantitative estimate of drug-likeness (QED) is 0.770. The van der Waals surface area contributed by atoms with Crippen molar-refractivity contribution >= 4 is 27.5 Å². The van der Waals surface area contributed by atoms with Crippen LogP contribution in [0.25, 0.3) is 6.08 Å². The van der Waals surface area contributed by atoms with Crippen LogP contribution in [0.4, 0.5) is 5.69 Å². The van der Waals surface area contributed by atoms with Crippen molar-refractivity contribution in [2.45, 2.75) is 36.7 Å². The maximum Gasteiger partial charge on any atom is 0.251 e. The zero-order chi connectivity index (χ0) is 21.8. The van der Waals surface area contributed by atoms with Crippen LogP contribution in [-0.4, -0.2) is 51.3 Å². The molecule has 0 aliphatic carbocycles. The Balaban J connectivity index is 1.41. The second-order valence-electron chi connectivity index (χ2n) is 8.19. The summed E-state index contributed by atoms with van der Waals surface area (Å²) in [5, 5.41) is 2.91. The summed E-state index contributed by atoms with van der Waals surface area (Å²) in [7, 11) is -1.25. The van der Waals surface area contributed by atoms with Crippen molar-refractivity contribution in [3.63, 3.8) is 0 Å². The number of carbonyl (C=O) groups is 1. The monoisotopic (exact) mass is 440 g/mol. The standard InChI is InChI=1S/C24H28N2O4S/c1-26(22-10-13-30-14-11-22)17-18-6-8-21(9-7-18)25-24(27)20-12-15-31(28,29)23-5-3-2-4-19(23)16-20/h2-9,16,22H,10-15,17H2,1H3,(H,25,27). The first-order valence-electron chi connectivity index (χ1n) is 10.6. The van der Waals surface area contributed by atoms with Gasteiger partial charge in [0, 0.05) is 37.1 Å². The Morgan fingerprint density at radius 3 is 2.55 bits per heavy atom. The number of benzene rings is 2. The average molecular weight is 441 g/mol. The molecule has 0 atom stereocenters. The van der Waals surface area contributed by atoms with Crippen LogP contribution in [0.15, 0.2) is 59.0 Å². The zero-order valence-corrected chi connectivity index (χ0v) is 18.5. The van der Waals surface area contributed by atoms with E-state index in [2.05, 4.69) is 17.3 Å². The normalized spacial score (nSPS) is 18.7. The van der Waals surface area contributed by atoms with E-state index in [1.165, 1.54) is 5.56 Å². The molecule has 2 heterocycles. The predicted molar refractivity (Wildman–Crippen MR) is 121 cm³/mol. The maximum absolute atomic E-state index is 12.8. The van der Waals surface area contributed by atoms with Crippen LogP contribution < -0.4 is 5.32 Å². The van der Waals surface area contributed by atoms with Crippen LogP contribution in [-0.2, 0) is 25.9 Å². The Morgan fingerprint density at radius 1 is 1.10 bits per heavy atom. The molecule has 0 radical (unpaired) electrons. The van der Waals surface area contributed by atoms with Gasteiger partial charge in [-0.15, -0.1) is 0 Å². The SMILES string of the molecule is CN(Cc1ccc(NC(=O)C2=Cc3ccccc3S(=O)(=O)CC2)cc1)C1CCOCC1. The molecule has 0 spiro atoms. The number of sulfone groups is 1. The lowest BCUT2D eigenvalue weighted by atomic mass is 10.1. The summed E-state index contributed by atoms with van der Waals surface area (Å²) in [5.41, 5.74) is 2.91. The molecule has 2 aliphatic rings. The zero-order valence-electron chi connectivity index (χ0n) is 17.7. The topological polar surface area (TPSA) is 75.7 Å². The van der Waals surface area contributed by atoms with Gasteiger partial charge in [-0.05, 0) is 61.7 Å². The van der Waals surface area contributed by atoms with E-state index in [0.717, 1.165) is 32.6 Å². The highest BCUT2D eigenvalue weighted by atomic mass is 32.2. The smallest absolute Gasteiger partial charge is 0.251 e. The molecule has 2 aromatic rings. The van der Waals surface area contributed by atoms with E-state index < -0.39 is 9.84 Å². The highest BCUT2D eigenvalue weighted by Gasteiger charge is 2.24. The summed E-state index contributed by atoms with van der Waals surface area (Å²) >= 11 is 0. The summed E-state index contributed by atoms with van der Waals surface area (Å²) in [5.74, 6) is -0.334. The number of amides is 1. The third-order valence-corrected chi connectivity index (χ3v) is 7.76. The average Bonchev–Trinajstić information content (AvgIpc) is 2.92. The van der Waals surface area contributed by atoms with Gasteiger partial charge in [0.15, 0.2) is 9.84 Å². The number of carbonyl (C=O) groups excluding carboxylic acids is 1. The van der Waals surface area contributed by atoms with Crippen LogP contribution in [0.3, 0.4) is 0 Å². The molecule has 1 N–H and O–H groups in total. The lowest BCUT2D eigenvalue weighted by Crippen LogP contribution is -2.36. The summed E-state index contributed by atoms with van der Waals surface area (Å²) in [6.07, 6.45) is 3.99. The second-order valence-corrected chi connectivity index (χ2v) is 10.3. The van der Waals surface area contributed by atoms with Crippen molar-refractivity contribution < 1.29 is 17.9 Å². The van der Waals surface area contributed by atoms with Crippen molar-refractivity contribution in [2.24, 2.45) is 0 Å². The van der Waals surface area contributed by atoms with Gasteiger partial charge in [0.1, 0.15) is 0 Å². The van der Waals surface area contributed by atoms with Crippen molar-refractivity contribution in [1.82, 2.24) is 4.90 Å². The summed E-state index contributed by atoms with van der Waals surface area (Å²) in [6, 6.07) is 15.2. The number of hydrogen-bond donors (Lipinski definition) is 1. The number of rotatable bonds is 5. The maximum atomic E-state index is 12.8. The van der Waals surface area contributed by atoms with E-state index in [1.807, 2.05) is 24.3 Å². The Morgan fingerprint density at radius 2 is 1.81 bits per heavy atom. The van der Waals surface area contributed by atoms with Gasteiger partial charge in [0.2, 0.25) is 0 Å². The van der Waals surface area contributed by atoms with Gasteiger partial charge in [0.25, 0.3) is 5.91 Å². The second kappa shape index (κ2) is 9.34.